The molecule has 0 aliphatic rings. The third-order valence-corrected chi connectivity index (χ3v) is 5.36. The first-order chi connectivity index (χ1) is 16.0. The van der Waals surface area contributed by atoms with Gasteiger partial charge in [-0.05, 0) is 47.9 Å². The van der Waals surface area contributed by atoms with Gasteiger partial charge in [0.05, 0.1) is 18.6 Å². The molecule has 0 radical (unpaired) electrons. The van der Waals surface area contributed by atoms with Gasteiger partial charge in [-0.2, -0.15) is 0 Å². The number of nitrogens with two attached hydrogens (primary N) is 2. The van der Waals surface area contributed by atoms with Crippen LogP contribution in [0.4, 0.5) is 11.4 Å². The maximum atomic E-state index is 13.2. The summed E-state index contributed by atoms with van der Waals surface area (Å²) in [6.45, 7) is 0.447. The van der Waals surface area contributed by atoms with E-state index in [2.05, 4.69) is 10.6 Å². The number of methoxy groups -OCH3 is 1. The number of nitrogens with one attached hydrogen (secondary N) is 2. The maximum Gasteiger partial charge on any atom is 0.231 e. The van der Waals surface area contributed by atoms with E-state index in [0.29, 0.717) is 35.7 Å². The number of hydrogen-bond acceptors (Lipinski definition) is 4. The lowest BCUT2D eigenvalue weighted by Crippen LogP contribution is -2.30. The van der Waals surface area contributed by atoms with Gasteiger partial charge in [0.1, 0.15) is 5.75 Å². The highest BCUT2D eigenvalue weighted by molar-refractivity contribution is 5.97. The van der Waals surface area contributed by atoms with Gasteiger partial charge in [-0.15, -0.1) is 0 Å². The highest BCUT2D eigenvalue weighted by Crippen LogP contribution is 2.26. The van der Waals surface area contributed by atoms with Crippen molar-refractivity contribution in [2.75, 3.05) is 18.2 Å². The van der Waals surface area contributed by atoms with Crippen LogP contribution in [-0.2, 0) is 16.1 Å². The molecule has 0 aromatic heterocycles. The molecule has 0 saturated carbocycles. The van der Waals surface area contributed by atoms with Crippen LogP contribution >= 0.6 is 0 Å². The van der Waals surface area contributed by atoms with E-state index >= 15 is 0 Å². The van der Waals surface area contributed by atoms with E-state index in [-0.39, 0.29) is 18.2 Å². The van der Waals surface area contributed by atoms with Crippen molar-refractivity contribution < 1.29 is 19.7 Å². The van der Waals surface area contributed by atoms with Crippen LogP contribution in [0, 0.1) is 0 Å². The standard InChI is InChI=1S/C26H28N4O3/c1-33-22-10-7-19(8-11-22)23(12-14-25(31)29-17-18-5-3-2-4-6-18)26(32)30-21-9-13-24(28)20(15-21)16-27/h2-11,13,15-16,23,27H,12,14,17,28H2,1H3,(H,29,31)(H,30,32)/p+1. The topological polar surface area (TPSA) is 119 Å². The Morgan fingerprint density at radius 2 is 1.79 bits per heavy atom. The van der Waals surface area contributed by atoms with E-state index in [0.717, 1.165) is 11.1 Å². The molecular weight excluding hydrogens is 416 g/mol. The molecule has 0 fully saturated rings. The van der Waals surface area contributed by atoms with Gasteiger partial charge in [0.2, 0.25) is 11.8 Å². The molecule has 0 aliphatic carbocycles. The molecule has 0 spiro atoms. The van der Waals surface area contributed by atoms with Crippen molar-refractivity contribution >= 4 is 29.4 Å². The molecule has 3 rings (SSSR count). The smallest absolute Gasteiger partial charge is 0.231 e. The van der Waals surface area contributed by atoms with Gasteiger partial charge >= 0.3 is 0 Å². The number of amides is 2. The molecule has 7 nitrogen and oxygen atoms in total. The lowest BCUT2D eigenvalue weighted by molar-refractivity contribution is -0.122. The fourth-order valence-electron chi connectivity index (χ4n) is 3.47. The van der Waals surface area contributed by atoms with Gasteiger partial charge < -0.3 is 21.1 Å². The van der Waals surface area contributed by atoms with Crippen molar-refractivity contribution in [3.05, 3.63) is 89.5 Å². The largest absolute Gasteiger partial charge is 0.497 e. The number of hydrogen-bond donors (Lipinski definition) is 4. The zero-order valence-electron chi connectivity index (χ0n) is 18.6. The summed E-state index contributed by atoms with van der Waals surface area (Å²) in [7, 11) is 1.59. The molecule has 6 N–H and O–H groups in total. The van der Waals surface area contributed by atoms with E-state index in [4.69, 9.17) is 15.9 Å². The van der Waals surface area contributed by atoms with Gasteiger partial charge in [-0.1, -0.05) is 42.5 Å². The SMILES string of the molecule is COc1ccc(C(CCC(=O)NCc2ccccc2)C(=O)Nc2ccc(N)c(C=[NH2+])c2)cc1. The van der Waals surface area contributed by atoms with Crippen LogP contribution in [0.25, 0.3) is 0 Å². The number of nitrogen functional groups attached to an aromatic ring is 1. The number of ether oxygens (including phenoxy) is 1. The van der Waals surface area contributed by atoms with Crippen molar-refractivity contribution in [2.45, 2.75) is 25.3 Å². The molecule has 0 saturated heterocycles. The zero-order valence-corrected chi connectivity index (χ0v) is 18.6. The van der Waals surface area contributed by atoms with Crippen LogP contribution in [0.1, 0.15) is 35.4 Å². The van der Waals surface area contributed by atoms with Crippen LogP contribution in [0.15, 0.2) is 72.8 Å². The van der Waals surface area contributed by atoms with Gasteiger partial charge in [-0.25, -0.2) is 0 Å². The van der Waals surface area contributed by atoms with Crippen molar-refractivity contribution in [3.8, 4) is 5.75 Å². The summed E-state index contributed by atoms with van der Waals surface area (Å²) >= 11 is 0. The summed E-state index contributed by atoms with van der Waals surface area (Å²) in [6, 6.07) is 22.1. The quantitative estimate of drug-likeness (QED) is 0.283. The first-order valence-electron chi connectivity index (χ1n) is 10.7. The average Bonchev–Trinajstić information content (AvgIpc) is 2.85. The average molecular weight is 446 g/mol. The maximum absolute atomic E-state index is 13.2. The summed E-state index contributed by atoms with van der Waals surface area (Å²) in [4.78, 5) is 25.7. The normalized spacial score (nSPS) is 11.3. The molecule has 3 aromatic carbocycles. The Morgan fingerprint density at radius 3 is 2.45 bits per heavy atom. The second-order valence-corrected chi connectivity index (χ2v) is 7.63. The molecule has 3 aromatic rings. The van der Waals surface area contributed by atoms with Crippen LogP contribution in [0.2, 0.25) is 0 Å². The molecule has 0 bridgehead atoms. The van der Waals surface area contributed by atoms with E-state index < -0.39 is 5.92 Å². The van der Waals surface area contributed by atoms with Gasteiger partial charge in [0.25, 0.3) is 0 Å². The van der Waals surface area contributed by atoms with Gasteiger partial charge in [-0.3, -0.25) is 15.0 Å². The molecular formula is C26H29N4O3+. The third-order valence-electron chi connectivity index (χ3n) is 5.36. The molecule has 1 atom stereocenters. The molecule has 33 heavy (non-hydrogen) atoms. The summed E-state index contributed by atoms with van der Waals surface area (Å²) in [5.74, 6) is -0.164. The van der Waals surface area contributed by atoms with Crippen LogP contribution in [0.3, 0.4) is 0 Å². The minimum Gasteiger partial charge on any atom is -0.497 e. The van der Waals surface area contributed by atoms with Crippen molar-refractivity contribution in [2.24, 2.45) is 0 Å². The highest BCUT2D eigenvalue weighted by atomic mass is 16.5. The van der Waals surface area contributed by atoms with E-state index in [1.54, 1.807) is 37.4 Å². The molecule has 7 heteroatoms. The predicted molar refractivity (Wildman–Crippen MR) is 130 cm³/mol. The number of anilines is 2. The monoisotopic (exact) mass is 445 g/mol. The number of carbonyl (C=O) groups excluding carboxylic acids is 2. The van der Waals surface area contributed by atoms with Crippen LogP contribution in [0.5, 0.6) is 5.75 Å². The van der Waals surface area contributed by atoms with Crippen molar-refractivity contribution in [1.82, 2.24) is 5.32 Å². The summed E-state index contributed by atoms with van der Waals surface area (Å²) in [6.07, 6.45) is 1.95. The molecule has 2 amide bonds. The fourth-order valence-corrected chi connectivity index (χ4v) is 3.47. The van der Waals surface area contributed by atoms with Crippen molar-refractivity contribution in [1.29, 1.82) is 0 Å². The zero-order chi connectivity index (χ0) is 23.6. The van der Waals surface area contributed by atoms with E-state index in [1.807, 2.05) is 42.5 Å². The number of carbonyl (C=O) groups is 2. The molecule has 0 aliphatic heterocycles. The van der Waals surface area contributed by atoms with Crippen LogP contribution in [-0.4, -0.2) is 25.1 Å². The summed E-state index contributed by atoms with van der Waals surface area (Å²) in [5.41, 5.74) is 9.44. The van der Waals surface area contributed by atoms with Crippen LogP contribution < -0.4 is 26.5 Å². The summed E-state index contributed by atoms with van der Waals surface area (Å²) < 4.78 is 5.22. The lowest BCUT2D eigenvalue weighted by atomic mass is 9.92. The Labute approximate surface area is 193 Å². The Kier molecular flexibility index (Phi) is 8.18. The Morgan fingerprint density at radius 1 is 1.06 bits per heavy atom. The molecule has 0 heterocycles. The Hall–Kier alpha value is -4.13. The second kappa shape index (κ2) is 11.5. The Balaban J connectivity index is 1.70. The third kappa shape index (κ3) is 6.67. The first kappa shape index (κ1) is 23.5. The van der Waals surface area contributed by atoms with E-state index in [9.17, 15) is 9.59 Å². The first-order valence-corrected chi connectivity index (χ1v) is 10.7. The highest BCUT2D eigenvalue weighted by Gasteiger charge is 2.22. The molecule has 170 valence electrons. The fraction of sp³-hybridized carbons (Fsp3) is 0.192. The van der Waals surface area contributed by atoms with Crippen molar-refractivity contribution in [3.63, 3.8) is 0 Å². The number of rotatable bonds is 10. The lowest BCUT2D eigenvalue weighted by Gasteiger charge is -2.18. The van der Waals surface area contributed by atoms with Gasteiger partial charge in [0.15, 0.2) is 6.21 Å². The minimum atomic E-state index is -0.527. The Bertz CT molecular complexity index is 1100. The van der Waals surface area contributed by atoms with Gasteiger partial charge in [0, 0.05) is 24.3 Å². The molecule has 1 unspecified atom stereocenters. The van der Waals surface area contributed by atoms with E-state index in [1.165, 1.54) is 6.21 Å². The summed E-state index contributed by atoms with van der Waals surface area (Å²) in [5, 5.41) is 11.4. The minimum absolute atomic E-state index is 0.113. The predicted octanol–water partition coefficient (Wildman–Crippen LogP) is 2.27. The second-order valence-electron chi connectivity index (χ2n) is 7.63. The number of benzene rings is 3.